The zero-order chi connectivity index (χ0) is 12.7. The summed E-state index contributed by atoms with van der Waals surface area (Å²) >= 11 is 0. The molecule has 4 nitrogen and oxygen atoms in total. The van der Waals surface area contributed by atoms with E-state index in [0.29, 0.717) is 0 Å². The minimum atomic E-state index is 0.101. The number of methoxy groups -OCH3 is 1. The van der Waals surface area contributed by atoms with Gasteiger partial charge in [-0.15, -0.1) is 0 Å². The van der Waals surface area contributed by atoms with Crippen molar-refractivity contribution < 1.29 is 4.74 Å². The topological polar surface area (TPSA) is 53.1 Å². The van der Waals surface area contributed by atoms with Crippen molar-refractivity contribution in [3.63, 3.8) is 0 Å². The van der Waals surface area contributed by atoms with Gasteiger partial charge in [0.25, 0.3) is 0 Å². The Kier molecular flexibility index (Phi) is 2.59. The molecule has 4 heteroatoms. The Labute approximate surface area is 106 Å². The molecule has 94 valence electrons. The fourth-order valence-electron chi connectivity index (χ4n) is 2.56. The van der Waals surface area contributed by atoms with Crippen LogP contribution in [-0.4, -0.2) is 22.9 Å². The van der Waals surface area contributed by atoms with E-state index in [1.165, 1.54) is 16.4 Å². The van der Waals surface area contributed by atoms with Crippen LogP contribution in [0.2, 0.25) is 0 Å². The summed E-state index contributed by atoms with van der Waals surface area (Å²) in [5.74, 6) is 0.930. The van der Waals surface area contributed by atoms with Crippen molar-refractivity contribution >= 4 is 11.6 Å². The maximum atomic E-state index is 5.85. The molecule has 2 N–H and O–H groups in total. The second kappa shape index (κ2) is 4.14. The Morgan fingerprint density at radius 1 is 1.56 bits per heavy atom. The van der Waals surface area contributed by atoms with Crippen molar-refractivity contribution in [3.05, 3.63) is 40.2 Å². The van der Waals surface area contributed by atoms with Gasteiger partial charge in [0, 0.05) is 16.8 Å². The quantitative estimate of drug-likeness (QED) is 0.815. The molecule has 2 aliphatic carbocycles. The predicted octanol–water partition coefficient (Wildman–Crippen LogP) is 0.0355. The third kappa shape index (κ3) is 1.61. The van der Waals surface area contributed by atoms with Crippen LogP contribution < -0.4 is 16.3 Å². The van der Waals surface area contributed by atoms with Gasteiger partial charge < -0.3 is 10.5 Å². The van der Waals surface area contributed by atoms with E-state index >= 15 is 0 Å². The molecule has 1 unspecified atom stereocenters. The van der Waals surface area contributed by atoms with Crippen LogP contribution in [0.4, 0.5) is 0 Å². The first-order chi connectivity index (χ1) is 8.70. The Bertz CT molecular complexity index is 662. The number of fused-ring (bicyclic) bond motifs is 2. The molecule has 0 aromatic carbocycles. The Hall–Kier alpha value is -1.81. The summed E-state index contributed by atoms with van der Waals surface area (Å²) in [4.78, 5) is 0. The van der Waals surface area contributed by atoms with E-state index in [4.69, 9.17) is 10.5 Å². The van der Waals surface area contributed by atoms with E-state index in [2.05, 4.69) is 17.3 Å². The summed E-state index contributed by atoms with van der Waals surface area (Å²) in [6, 6.07) is 0.101. The van der Waals surface area contributed by atoms with Crippen LogP contribution in [0.5, 0.6) is 0 Å². The SMILES string of the molecule is COC1=C2C=c3c(cnn3CC(C)N)=C2CC=C1. The van der Waals surface area contributed by atoms with Crippen LogP contribution in [0.1, 0.15) is 13.3 Å². The molecule has 0 spiro atoms. The molecule has 1 aromatic rings. The van der Waals surface area contributed by atoms with Crippen molar-refractivity contribution in [1.29, 1.82) is 0 Å². The molecule has 1 heterocycles. The van der Waals surface area contributed by atoms with Gasteiger partial charge in [0.2, 0.25) is 0 Å². The average Bonchev–Trinajstić information content (AvgIpc) is 2.88. The molecular formula is C14H17N3O. The minimum Gasteiger partial charge on any atom is -0.496 e. The zero-order valence-electron chi connectivity index (χ0n) is 10.7. The number of rotatable bonds is 3. The lowest BCUT2D eigenvalue weighted by atomic mass is 9.99. The van der Waals surface area contributed by atoms with Gasteiger partial charge in [-0.05, 0) is 31.1 Å². The molecule has 0 saturated carbocycles. The van der Waals surface area contributed by atoms with Crippen molar-refractivity contribution in [2.24, 2.45) is 5.73 Å². The van der Waals surface area contributed by atoms with Gasteiger partial charge in [-0.3, -0.25) is 4.68 Å². The van der Waals surface area contributed by atoms with Crippen LogP contribution in [-0.2, 0) is 11.3 Å². The second-order valence-electron chi connectivity index (χ2n) is 4.81. The Balaban J connectivity index is 2.18. The number of nitrogens with zero attached hydrogens (tertiary/aromatic N) is 2. The fraction of sp³-hybridized carbons (Fsp3) is 0.357. The summed E-state index contributed by atoms with van der Waals surface area (Å²) in [7, 11) is 1.71. The molecule has 2 aliphatic rings. The molecule has 0 fully saturated rings. The van der Waals surface area contributed by atoms with Crippen LogP contribution in [0.25, 0.3) is 11.6 Å². The maximum absolute atomic E-state index is 5.85. The van der Waals surface area contributed by atoms with Crippen LogP contribution in [0, 0.1) is 0 Å². The predicted molar refractivity (Wildman–Crippen MR) is 70.8 cm³/mol. The van der Waals surface area contributed by atoms with Gasteiger partial charge in [-0.1, -0.05) is 6.08 Å². The molecule has 1 aromatic heterocycles. The lowest BCUT2D eigenvalue weighted by Crippen LogP contribution is -2.33. The summed E-state index contributed by atoms with van der Waals surface area (Å²) in [5.41, 5.74) is 8.34. The van der Waals surface area contributed by atoms with Crippen molar-refractivity contribution in [1.82, 2.24) is 9.78 Å². The highest BCUT2D eigenvalue weighted by atomic mass is 16.5. The molecule has 3 rings (SSSR count). The van der Waals surface area contributed by atoms with Crippen molar-refractivity contribution in [3.8, 4) is 0 Å². The van der Waals surface area contributed by atoms with Gasteiger partial charge in [-0.2, -0.15) is 5.10 Å². The van der Waals surface area contributed by atoms with Crippen LogP contribution >= 0.6 is 0 Å². The van der Waals surface area contributed by atoms with Gasteiger partial charge >= 0.3 is 0 Å². The Morgan fingerprint density at radius 3 is 3.11 bits per heavy atom. The molecule has 0 radical (unpaired) electrons. The van der Waals surface area contributed by atoms with Crippen LogP contribution in [0.15, 0.2) is 29.7 Å². The van der Waals surface area contributed by atoms with Gasteiger partial charge in [-0.25, -0.2) is 0 Å². The molecule has 18 heavy (non-hydrogen) atoms. The highest BCUT2D eigenvalue weighted by Crippen LogP contribution is 2.27. The molecular weight excluding hydrogens is 226 g/mol. The molecule has 0 bridgehead atoms. The first-order valence-corrected chi connectivity index (χ1v) is 6.18. The number of aromatic nitrogens is 2. The summed E-state index contributed by atoms with van der Waals surface area (Å²) in [6.45, 7) is 2.73. The number of ether oxygens (including phenoxy) is 1. The molecule has 0 amide bonds. The third-order valence-corrected chi connectivity index (χ3v) is 3.35. The highest BCUT2D eigenvalue weighted by Gasteiger charge is 2.20. The maximum Gasteiger partial charge on any atom is 0.126 e. The normalized spacial score (nSPS) is 18.5. The highest BCUT2D eigenvalue weighted by molar-refractivity contribution is 5.84. The van der Waals surface area contributed by atoms with Gasteiger partial charge in [0.15, 0.2) is 0 Å². The summed E-state index contributed by atoms with van der Waals surface area (Å²) < 4.78 is 7.39. The van der Waals surface area contributed by atoms with Gasteiger partial charge in [0.1, 0.15) is 5.76 Å². The summed E-state index contributed by atoms with van der Waals surface area (Å²) in [6.07, 6.45) is 9.19. The number of hydrogen-bond donors (Lipinski definition) is 1. The van der Waals surface area contributed by atoms with Crippen molar-refractivity contribution in [2.45, 2.75) is 25.9 Å². The number of nitrogens with two attached hydrogens (primary N) is 1. The second-order valence-corrected chi connectivity index (χ2v) is 4.81. The number of allylic oxidation sites excluding steroid dienone is 3. The zero-order valence-corrected chi connectivity index (χ0v) is 10.7. The van der Waals surface area contributed by atoms with Crippen molar-refractivity contribution in [2.75, 3.05) is 7.11 Å². The smallest absolute Gasteiger partial charge is 0.126 e. The first-order valence-electron chi connectivity index (χ1n) is 6.18. The lowest BCUT2D eigenvalue weighted by Gasteiger charge is -2.12. The largest absolute Gasteiger partial charge is 0.496 e. The molecule has 0 saturated heterocycles. The number of hydrogen-bond acceptors (Lipinski definition) is 3. The van der Waals surface area contributed by atoms with E-state index < -0.39 is 0 Å². The summed E-state index contributed by atoms with van der Waals surface area (Å²) in [5, 5.41) is 6.78. The fourth-order valence-corrected chi connectivity index (χ4v) is 2.56. The minimum absolute atomic E-state index is 0.101. The van der Waals surface area contributed by atoms with E-state index in [1.54, 1.807) is 7.11 Å². The average molecular weight is 243 g/mol. The van der Waals surface area contributed by atoms with E-state index in [9.17, 15) is 0 Å². The van der Waals surface area contributed by atoms with E-state index in [0.717, 1.165) is 24.1 Å². The van der Waals surface area contributed by atoms with Crippen LogP contribution in [0.3, 0.4) is 0 Å². The Morgan fingerprint density at radius 2 is 2.39 bits per heavy atom. The van der Waals surface area contributed by atoms with E-state index in [-0.39, 0.29) is 6.04 Å². The first kappa shape index (κ1) is 11.3. The molecule has 1 atom stereocenters. The monoisotopic (exact) mass is 243 g/mol. The standard InChI is InChI=1S/C14H17N3O/c1-9(15)8-17-13-6-11-10(12(13)7-16-17)4-3-5-14(11)18-2/h3,5-7,9H,4,8,15H2,1-2H3. The van der Waals surface area contributed by atoms with E-state index in [1.807, 2.05) is 23.9 Å². The third-order valence-electron chi connectivity index (χ3n) is 3.35. The lowest BCUT2D eigenvalue weighted by molar-refractivity contribution is 0.304. The molecule has 0 aliphatic heterocycles. The van der Waals surface area contributed by atoms with Gasteiger partial charge in [0.05, 0.1) is 25.2 Å².